The van der Waals surface area contributed by atoms with Crippen molar-refractivity contribution in [2.75, 3.05) is 13.1 Å². The Morgan fingerprint density at radius 3 is 2.93 bits per heavy atom. The number of benzene rings is 1. The van der Waals surface area contributed by atoms with E-state index in [-0.39, 0.29) is 11.9 Å². The van der Waals surface area contributed by atoms with Crippen LogP contribution >= 0.6 is 0 Å². The van der Waals surface area contributed by atoms with Crippen molar-refractivity contribution in [3.05, 3.63) is 35.6 Å². The molecule has 2 nitrogen and oxygen atoms in total. The smallest absolute Gasteiger partial charge is 0.123 e. The normalized spacial score (nSPS) is 11.7. The van der Waals surface area contributed by atoms with Gasteiger partial charge in [0.05, 0.1) is 6.54 Å². The Hall–Kier alpha value is -1.37. The average molecular weight is 206 g/mol. The minimum absolute atomic E-state index is 0.0402. The van der Waals surface area contributed by atoms with Crippen molar-refractivity contribution < 1.29 is 4.39 Å². The average Bonchev–Trinajstić information content (AvgIpc) is 2.24. The zero-order valence-electron chi connectivity index (χ0n) is 8.76. The quantitative estimate of drug-likeness (QED) is 0.731. The monoisotopic (exact) mass is 206 g/mol. The lowest BCUT2D eigenvalue weighted by molar-refractivity contribution is 0.570. The first kappa shape index (κ1) is 11.7. The summed E-state index contributed by atoms with van der Waals surface area (Å²) >= 11 is 0. The molecule has 0 heterocycles. The lowest BCUT2D eigenvalue weighted by Gasteiger charge is -2.15. The van der Waals surface area contributed by atoms with Crippen LogP contribution in [0.3, 0.4) is 0 Å². The molecule has 0 fully saturated rings. The molecule has 0 bridgehead atoms. The fourth-order valence-corrected chi connectivity index (χ4v) is 1.32. The van der Waals surface area contributed by atoms with E-state index in [2.05, 4.69) is 17.2 Å². The van der Waals surface area contributed by atoms with E-state index in [4.69, 9.17) is 5.73 Å². The summed E-state index contributed by atoms with van der Waals surface area (Å²) in [5.41, 5.74) is 6.46. The lowest BCUT2D eigenvalue weighted by Crippen LogP contribution is -2.28. The molecular weight excluding hydrogens is 191 g/mol. The number of hydrogen-bond donors (Lipinski definition) is 2. The maximum Gasteiger partial charge on any atom is 0.123 e. The largest absolute Gasteiger partial charge is 0.329 e. The van der Waals surface area contributed by atoms with Crippen molar-refractivity contribution in [1.82, 2.24) is 5.32 Å². The highest BCUT2D eigenvalue weighted by molar-refractivity contribution is 5.20. The van der Waals surface area contributed by atoms with Crippen LogP contribution in [0.25, 0.3) is 0 Å². The second-order valence-corrected chi connectivity index (χ2v) is 3.15. The fraction of sp³-hybridized carbons (Fsp3) is 0.333. The van der Waals surface area contributed by atoms with Crippen LogP contribution in [-0.2, 0) is 0 Å². The summed E-state index contributed by atoms with van der Waals surface area (Å²) in [5.74, 6) is 5.43. The Kier molecular flexibility index (Phi) is 4.82. The van der Waals surface area contributed by atoms with Crippen LogP contribution in [0.2, 0.25) is 0 Å². The van der Waals surface area contributed by atoms with Gasteiger partial charge in [-0.2, -0.15) is 0 Å². The van der Waals surface area contributed by atoms with Gasteiger partial charge in [0.25, 0.3) is 0 Å². The van der Waals surface area contributed by atoms with Crippen molar-refractivity contribution in [1.29, 1.82) is 0 Å². The van der Waals surface area contributed by atoms with Gasteiger partial charge in [-0.25, -0.2) is 4.39 Å². The maximum absolute atomic E-state index is 13.0. The Morgan fingerprint density at radius 2 is 2.33 bits per heavy atom. The Morgan fingerprint density at radius 1 is 1.53 bits per heavy atom. The van der Waals surface area contributed by atoms with Crippen molar-refractivity contribution in [3.8, 4) is 11.8 Å². The molecule has 1 unspecified atom stereocenters. The Labute approximate surface area is 89.7 Å². The van der Waals surface area contributed by atoms with Crippen molar-refractivity contribution in [2.24, 2.45) is 5.73 Å². The van der Waals surface area contributed by atoms with E-state index in [1.54, 1.807) is 13.0 Å². The molecule has 0 aliphatic heterocycles. The number of hydrogen-bond acceptors (Lipinski definition) is 2. The molecule has 0 spiro atoms. The number of nitrogens with one attached hydrogen (secondary N) is 1. The second kappa shape index (κ2) is 6.18. The highest BCUT2D eigenvalue weighted by Crippen LogP contribution is 2.12. The molecule has 80 valence electrons. The zero-order chi connectivity index (χ0) is 11.1. The number of nitrogens with two attached hydrogens (primary N) is 1. The first-order chi connectivity index (χ1) is 7.27. The summed E-state index contributed by atoms with van der Waals surface area (Å²) in [6.45, 7) is 2.77. The maximum atomic E-state index is 13.0. The molecule has 0 amide bonds. The van der Waals surface area contributed by atoms with Gasteiger partial charge in [-0.1, -0.05) is 18.1 Å². The van der Waals surface area contributed by atoms with Crippen LogP contribution in [0.15, 0.2) is 24.3 Å². The molecule has 0 saturated carbocycles. The summed E-state index contributed by atoms with van der Waals surface area (Å²) in [6, 6.07) is 6.40. The van der Waals surface area contributed by atoms with Crippen molar-refractivity contribution in [3.63, 3.8) is 0 Å². The van der Waals surface area contributed by atoms with Gasteiger partial charge in [0, 0.05) is 12.6 Å². The van der Waals surface area contributed by atoms with E-state index in [9.17, 15) is 4.39 Å². The van der Waals surface area contributed by atoms with Gasteiger partial charge in [0.2, 0.25) is 0 Å². The fourth-order valence-electron chi connectivity index (χ4n) is 1.32. The molecule has 0 aliphatic rings. The first-order valence-electron chi connectivity index (χ1n) is 4.86. The molecule has 1 atom stereocenters. The SMILES string of the molecule is CC#CCNC(CN)c1cccc(F)c1. The standard InChI is InChI=1S/C12H15FN2/c1-2-3-7-15-12(9-14)10-5-4-6-11(13)8-10/h4-6,8,12,15H,7,9,14H2,1H3. The van der Waals surface area contributed by atoms with E-state index in [0.717, 1.165) is 5.56 Å². The second-order valence-electron chi connectivity index (χ2n) is 3.15. The van der Waals surface area contributed by atoms with Gasteiger partial charge in [0.15, 0.2) is 0 Å². The number of rotatable bonds is 4. The van der Waals surface area contributed by atoms with Crippen molar-refractivity contribution in [2.45, 2.75) is 13.0 Å². The molecular formula is C12H15FN2. The summed E-state index contributed by atoms with van der Waals surface area (Å²) in [6.07, 6.45) is 0. The van der Waals surface area contributed by atoms with Crippen molar-refractivity contribution >= 4 is 0 Å². The summed E-state index contributed by atoms with van der Waals surface area (Å²) < 4.78 is 13.0. The highest BCUT2D eigenvalue weighted by atomic mass is 19.1. The van der Waals surface area contributed by atoms with Gasteiger partial charge in [-0.15, -0.1) is 5.92 Å². The minimum atomic E-state index is -0.241. The molecule has 0 saturated heterocycles. The van der Waals surface area contributed by atoms with Crippen LogP contribution in [0.4, 0.5) is 4.39 Å². The number of halogens is 1. The Balaban J connectivity index is 2.68. The third-order valence-electron chi connectivity index (χ3n) is 2.10. The van der Waals surface area contributed by atoms with E-state index >= 15 is 0 Å². The lowest BCUT2D eigenvalue weighted by atomic mass is 10.1. The highest BCUT2D eigenvalue weighted by Gasteiger charge is 2.08. The third kappa shape index (κ3) is 3.70. The van der Waals surface area contributed by atoms with E-state index < -0.39 is 0 Å². The van der Waals surface area contributed by atoms with Crippen LogP contribution < -0.4 is 11.1 Å². The van der Waals surface area contributed by atoms with Crippen LogP contribution in [0.5, 0.6) is 0 Å². The van der Waals surface area contributed by atoms with E-state index in [1.165, 1.54) is 12.1 Å². The van der Waals surface area contributed by atoms with E-state index in [1.807, 2.05) is 6.07 Å². The van der Waals surface area contributed by atoms with Gasteiger partial charge in [-0.3, -0.25) is 5.32 Å². The molecule has 0 radical (unpaired) electrons. The molecule has 1 aromatic carbocycles. The molecule has 0 aliphatic carbocycles. The molecule has 0 aromatic heterocycles. The van der Waals surface area contributed by atoms with Gasteiger partial charge < -0.3 is 5.73 Å². The Bertz CT molecular complexity index is 365. The van der Waals surface area contributed by atoms with Crippen LogP contribution in [0, 0.1) is 17.7 Å². The van der Waals surface area contributed by atoms with Crippen LogP contribution in [0.1, 0.15) is 18.5 Å². The molecule has 3 heteroatoms. The molecule has 1 rings (SSSR count). The molecule has 3 N–H and O–H groups in total. The molecule has 1 aromatic rings. The predicted octanol–water partition coefficient (Wildman–Crippen LogP) is 1.44. The first-order valence-corrected chi connectivity index (χ1v) is 4.86. The van der Waals surface area contributed by atoms with Crippen LogP contribution in [-0.4, -0.2) is 13.1 Å². The summed E-state index contributed by atoms with van der Waals surface area (Å²) in [4.78, 5) is 0. The minimum Gasteiger partial charge on any atom is -0.329 e. The predicted molar refractivity (Wildman–Crippen MR) is 59.6 cm³/mol. The van der Waals surface area contributed by atoms with E-state index in [0.29, 0.717) is 13.1 Å². The summed E-state index contributed by atoms with van der Waals surface area (Å²) in [5, 5.41) is 3.15. The summed E-state index contributed by atoms with van der Waals surface area (Å²) in [7, 11) is 0. The van der Waals surface area contributed by atoms with Gasteiger partial charge in [0.1, 0.15) is 5.82 Å². The zero-order valence-corrected chi connectivity index (χ0v) is 8.76. The third-order valence-corrected chi connectivity index (χ3v) is 2.10. The topological polar surface area (TPSA) is 38.0 Å². The molecule has 15 heavy (non-hydrogen) atoms. The van der Waals surface area contributed by atoms with Gasteiger partial charge in [-0.05, 0) is 24.6 Å². The van der Waals surface area contributed by atoms with Gasteiger partial charge >= 0.3 is 0 Å².